The summed E-state index contributed by atoms with van der Waals surface area (Å²) in [5.41, 5.74) is 4.80. The third-order valence-corrected chi connectivity index (χ3v) is 6.44. The molecular weight excluding hydrogens is 401 g/mol. The summed E-state index contributed by atoms with van der Waals surface area (Å²) in [7, 11) is 0.591. The summed E-state index contributed by atoms with van der Waals surface area (Å²) in [6, 6.07) is 16.1. The van der Waals surface area contributed by atoms with E-state index < -0.39 is 7.12 Å². The van der Waals surface area contributed by atoms with Crippen molar-refractivity contribution in [3.05, 3.63) is 65.2 Å². The van der Waals surface area contributed by atoms with Crippen LogP contribution in [0.5, 0.6) is 0 Å². The van der Waals surface area contributed by atoms with Crippen molar-refractivity contribution in [3.63, 3.8) is 0 Å². The quantitative estimate of drug-likeness (QED) is 0.537. The zero-order chi connectivity index (χ0) is 22.2. The number of hydrogen-bond acceptors (Lipinski definition) is 7. The summed E-state index contributed by atoms with van der Waals surface area (Å²) in [5, 5.41) is 23.2. The molecule has 0 spiro atoms. The molecule has 3 N–H and O–H groups in total. The molecule has 0 saturated heterocycles. The van der Waals surface area contributed by atoms with E-state index in [-0.39, 0.29) is 6.04 Å². The minimum absolute atomic E-state index is 0.110. The van der Waals surface area contributed by atoms with E-state index in [0.29, 0.717) is 24.4 Å². The number of rotatable bonds is 5. The van der Waals surface area contributed by atoms with Crippen LogP contribution >= 0.6 is 0 Å². The molecule has 1 aromatic heterocycles. The van der Waals surface area contributed by atoms with Gasteiger partial charge in [-0.1, -0.05) is 42.5 Å². The molecule has 0 fully saturated rings. The fraction of sp³-hybridized carbons (Fsp3) is 0.333. The third kappa shape index (κ3) is 3.69. The van der Waals surface area contributed by atoms with Crippen LogP contribution in [-0.4, -0.2) is 46.8 Å². The van der Waals surface area contributed by atoms with Crippen LogP contribution < -0.4 is 20.6 Å². The molecular formula is C24H28BN5O2. The maximum atomic E-state index is 9.84. The number of benzene rings is 2. The van der Waals surface area contributed by atoms with E-state index >= 15 is 0 Å². The van der Waals surface area contributed by atoms with Gasteiger partial charge >= 0.3 is 7.12 Å². The van der Waals surface area contributed by atoms with Crippen LogP contribution in [0, 0.1) is 0 Å². The molecule has 8 heteroatoms. The van der Waals surface area contributed by atoms with Crippen molar-refractivity contribution in [1.82, 2.24) is 9.97 Å². The maximum absolute atomic E-state index is 9.84. The third-order valence-electron chi connectivity index (χ3n) is 6.44. The molecule has 5 rings (SSSR count). The topological polar surface area (TPSA) is 84.8 Å². The van der Waals surface area contributed by atoms with E-state index in [1.807, 2.05) is 30.3 Å². The fourth-order valence-electron chi connectivity index (χ4n) is 4.85. The average Bonchev–Trinajstić information content (AvgIpc) is 3.14. The second-order valence-electron chi connectivity index (χ2n) is 8.68. The molecule has 2 aliphatic heterocycles. The lowest BCUT2D eigenvalue weighted by atomic mass is 9.76. The van der Waals surface area contributed by atoms with Gasteiger partial charge in [0.1, 0.15) is 11.6 Å². The number of hydrogen-bond donors (Lipinski definition) is 3. The van der Waals surface area contributed by atoms with E-state index in [4.69, 9.17) is 9.97 Å². The molecule has 1 atom stereocenters. The van der Waals surface area contributed by atoms with Crippen LogP contribution in [-0.2, 0) is 19.4 Å². The lowest BCUT2D eigenvalue weighted by Crippen LogP contribution is -2.32. The van der Waals surface area contributed by atoms with Gasteiger partial charge in [-0.15, -0.1) is 0 Å². The molecule has 1 unspecified atom stereocenters. The number of nitrogens with one attached hydrogen (secondary N) is 1. The van der Waals surface area contributed by atoms with Gasteiger partial charge in [-0.25, -0.2) is 0 Å². The Kier molecular flexibility index (Phi) is 5.49. The highest BCUT2D eigenvalue weighted by Crippen LogP contribution is 2.39. The molecule has 2 aliphatic rings. The molecule has 3 heterocycles. The van der Waals surface area contributed by atoms with Gasteiger partial charge in [0, 0.05) is 37.4 Å². The lowest BCUT2D eigenvalue weighted by molar-refractivity contribution is 0.425. The second-order valence-corrected chi connectivity index (χ2v) is 8.68. The SMILES string of the molecule is CC1Cc2c(B(O)O)cccc2N1c1nc(NCc2ccccc2)c2c(n1)N(C)CCC2. The maximum Gasteiger partial charge on any atom is 0.488 e. The Hall–Kier alpha value is -3.10. The highest BCUT2D eigenvalue weighted by molar-refractivity contribution is 6.59. The Morgan fingerprint density at radius 1 is 1.06 bits per heavy atom. The number of fused-ring (bicyclic) bond motifs is 2. The van der Waals surface area contributed by atoms with Crippen molar-refractivity contribution >= 4 is 35.9 Å². The van der Waals surface area contributed by atoms with E-state index in [0.717, 1.165) is 47.8 Å². The van der Waals surface area contributed by atoms with Crippen molar-refractivity contribution < 1.29 is 10.0 Å². The summed E-state index contributed by atoms with van der Waals surface area (Å²) in [4.78, 5) is 14.3. The van der Waals surface area contributed by atoms with Crippen molar-refractivity contribution in [2.75, 3.05) is 28.7 Å². The zero-order valence-electron chi connectivity index (χ0n) is 18.5. The highest BCUT2D eigenvalue weighted by Gasteiger charge is 2.34. The first-order valence-electron chi connectivity index (χ1n) is 11.2. The minimum atomic E-state index is -1.49. The Balaban J connectivity index is 1.57. The van der Waals surface area contributed by atoms with Gasteiger partial charge < -0.3 is 25.2 Å². The van der Waals surface area contributed by atoms with Gasteiger partial charge in [0.2, 0.25) is 5.95 Å². The molecule has 32 heavy (non-hydrogen) atoms. The molecule has 164 valence electrons. The van der Waals surface area contributed by atoms with Crippen LogP contribution in [0.4, 0.5) is 23.3 Å². The van der Waals surface area contributed by atoms with Gasteiger partial charge in [-0.05, 0) is 48.8 Å². The van der Waals surface area contributed by atoms with Crippen molar-refractivity contribution in [2.45, 2.75) is 38.8 Å². The lowest BCUT2D eigenvalue weighted by Gasteiger charge is -2.31. The number of nitrogens with zero attached hydrogens (tertiary/aromatic N) is 4. The Bertz CT molecular complexity index is 1120. The zero-order valence-corrected chi connectivity index (χ0v) is 18.5. The first-order chi connectivity index (χ1) is 15.5. The number of aromatic nitrogens is 2. The molecule has 0 saturated carbocycles. The largest absolute Gasteiger partial charge is 0.488 e. The van der Waals surface area contributed by atoms with E-state index in [2.05, 4.69) is 41.2 Å². The summed E-state index contributed by atoms with van der Waals surface area (Å²) in [6.07, 6.45) is 2.74. The molecule has 3 aromatic rings. The molecule has 2 aromatic carbocycles. The van der Waals surface area contributed by atoms with Crippen LogP contribution in [0.15, 0.2) is 48.5 Å². The summed E-state index contributed by atoms with van der Waals surface area (Å²) in [6.45, 7) is 3.78. The van der Waals surface area contributed by atoms with Crippen LogP contribution in [0.3, 0.4) is 0 Å². The van der Waals surface area contributed by atoms with E-state index in [9.17, 15) is 10.0 Å². The molecule has 0 aliphatic carbocycles. The number of anilines is 4. The van der Waals surface area contributed by atoms with Crippen LogP contribution in [0.25, 0.3) is 0 Å². The van der Waals surface area contributed by atoms with E-state index in [1.54, 1.807) is 6.07 Å². The summed E-state index contributed by atoms with van der Waals surface area (Å²) < 4.78 is 0. The second kappa shape index (κ2) is 8.45. The molecule has 0 amide bonds. The molecule has 7 nitrogen and oxygen atoms in total. The van der Waals surface area contributed by atoms with Gasteiger partial charge in [0.15, 0.2) is 0 Å². The Morgan fingerprint density at radius 3 is 2.66 bits per heavy atom. The average molecular weight is 429 g/mol. The summed E-state index contributed by atoms with van der Waals surface area (Å²) in [5.74, 6) is 2.49. The fourth-order valence-corrected chi connectivity index (χ4v) is 4.85. The van der Waals surface area contributed by atoms with Crippen LogP contribution in [0.2, 0.25) is 0 Å². The first-order valence-corrected chi connectivity index (χ1v) is 11.2. The minimum Gasteiger partial charge on any atom is -0.423 e. The van der Waals surface area contributed by atoms with E-state index in [1.165, 1.54) is 5.56 Å². The smallest absolute Gasteiger partial charge is 0.423 e. The van der Waals surface area contributed by atoms with Gasteiger partial charge in [-0.3, -0.25) is 0 Å². The predicted molar refractivity (Wildman–Crippen MR) is 129 cm³/mol. The normalized spacial score (nSPS) is 17.2. The van der Waals surface area contributed by atoms with Gasteiger partial charge in [0.05, 0.1) is 0 Å². The van der Waals surface area contributed by atoms with Crippen molar-refractivity contribution in [2.24, 2.45) is 0 Å². The standard InChI is InChI=1S/C24H28BN5O2/c1-16-14-19-20(25(31)32)11-6-12-21(19)30(16)24-27-22(26-15-17-8-4-3-5-9-17)18-10-7-13-29(2)23(18)28-24/h3-6,8-9,11-12,16,31-32H,7,10,13-15H2,1-2H3,(H,26,27,28). The first kappa shape index (κ1) is 20.8. The molecule has 0 radical (unpaired) electrons. The van der Waals surface area contributed by atoms with Gasteiger partial charge in [0.25, 0.3) is 0 Å². The summed E-state index contributed by atoms with van der Waals surface area (Å²) >= 11 is 0. The predicted octanol–water partition coefficient (Wildman–Crippen LogP) is 2.23. The Labute approximate surface area is 188 Å². The van der Waals surface area contributed by atoms with Crippen molar-refractivity contribution in [3.8, 4) is 0 Å². The molecule has 0 bridgehead atoms. The van der Waals surface area contributed by atoms with Crippen molar-refractivity contribution in [1.29, 1.82) is 0 Å². The highest BCUT2D eigenvalue weighted by atomic mass is 16.4. The van der Waals surface area contributed by atoms with Crippen LogP contribution in [0.1, 0.15) is 30.0 Å². The Morgan fingerprint density at radius 2 is 1.88 bits per heavy atom. The monoisotopic (exact) mass is 429 g/mol. The van der Waals surface area contributed by atoms with Gasteiger partial charge in [-0.2, -0.15) is 9.97 Å².